The van der Waals surface area contributed by atoms with Crippen LogP contribution in [0.15, 0.2) is 24.3 Å². The van der Waals surface area contributed by atoms with Crippen molar-refractivity contribution in [2.24, 2.45) is 0 Å². The molecule has 11 heavy (non-hydrogen) atoms. The number of benzene rings is 1. The minimum atomic E-state index is 0. The van der Waals surface area contributed by atoms with Crippen molar-refractivity contribution in [2.75, 3.05) is 0 Å². The summed E-state index contributed by atoms with van der Waals surface area (Å²) in [6.07, 6.45) is 0. The van der Waals surface area contributed by atoms with Crippen LogP contribution in [-0.2, 0) is 0 Å². The van der Waals surface area contributed by atoms with E-state index in [0.29, 0.717) is 0 Å². The normalized spacial score (nSPS) is 7.45. The van der Waals surface area contributed by atoms with Gasteiger partial charge in [-0.2, -0.15) is 0 Å². The minimum absolute atomic E-state index is 0. The third kappa shape index (κ3) is 2.47. The van der Waals surface area contributed by atoms with Crippen molar-refractivity contribution in [1.82, 2.24) is 0 Å². The number of hydrogen-bond acceptors (Lipinski definition) is 0. The molecule has 0 aliphatic rings. The Morgan fingerprint density at radius 2 is 1.82 bits per heavy atom. The van der Waals surface area contributed by atoms with Gasteiger partial charge in [-0.05, 0) is 25.5 Å². The monoisotopic (exact) mass is 146 g/mol. The van der Waals surface area contributed by atoms with Gasteiger partial charge < -0.3 is 0 Å². The summed E-state index contributed by atoms with van der Waals surface area (Å²) in [5, 5.41) is 0. The first kappa shape index (κ1) is 9.78. The number of hydrogen-bond donors (Lipinski definition) is 0. The summed E-state index contributed by atoms with van der Waals surface area (Å²) in [6.45, 7) is 3.92. The van der Waals surface area contributed by atoms with Gasteiger partial charge in [-0.3, -0.25) is 0 Å². The van der Waals surface area contributed by atoms with Crippen LogP contribution in [0.1, 0.15) is 25.5 Å². The number of aryl methyl sites for hydroxylation is 1. The van der Waals surface area contributed by atoms with E-state index in [1.165, 1.54) is 5.56 Å². The lowest BCUT2D eigenvalue weighted by Crippen LogP contribution is -1.78. The zero-order valence-corrected chi connectivity index (χ0v) is 6.31. The van der Waals surface area contributed by atoms with Crippen molar-refractivity contribution in [3.8, 4) is 11.8 Å². The Morgan fingerprint density at radius 1 is 1.18 bits per heavy atom. The molecule has 58 valence electrons. The molecule has 0 radical (unpaired) electrons. The van der Waals surface area contributed by atoms with Crippen molar-refractivity contribution >= 4 is 0 Å². The van der Waals surface area contributed by atoms with Gasteiger partial charge in [0.2, 0.25) is 0 Å². The van der Waals surface area contributed by atoms with Gasteiger partial charge in [-0.25, -0.2) is 0 Å². The van der Waals surface area contributed by atoms with Crippen molar-refractivity contribution in [1.29, 1.82) is 0 Å². The molecule has 0 amide bonds. The van der Waals surface area contributed by atoms with Crippen LogP contribution in [0.5, 0.6) is 0 Å². The van der Waals surface area contributed by atoms with E-state index in [1.54, 1.807) is 0 Å². The second kappa shape index (κ2) is 4.57. The largest absolute Gasteiger partial charge is 0.101 e. The average Bonchev–Trinajstić information content (AvgIpc) is 1.94. The van der Waals surface area contributed by atoms with Crippen molar-refractivity contribution in [3.63, 3.8) is 0 Å². The van der Waals surface area contributed by atoms with Crippen LogP contribution in [-0.4, -0.2) is 0 Å². The van der Waals surface area contributed by atoms with Crippen LogP contribution in [0, 0.1) is 18.8 Å². The Kier molecular flexibility index (Phi) is 4.07. The highest BCUT2D eigenvalue weighted by Gasteiger charge is 1.88. The summed E-state index contributed by atoms with van der Waals surface area (Å²) < 4.78 is 0. The molecule has 0 N–H and O–H groups in total. The van der Waals surface area contributed by atoms with Crippen LogP contribution in [0.3, 0.4) is 0 Å². The second-order valence-electron chi connectivity index (χ2n) is 2.19. The van der Waals surface area contributed by atoms with Gasteiger partial charge in [-0.15, -0.1) is 5.92 Å². The van der Waals surface area contributed by atoms with E-state index in [1.807, 2.05) is 25.1 Å². The SMILES string of the molecule is C.CC#Cc1ccccc1C. The molecular weight excluding hydrogens is 132 g/mol. The molecule has 1 aromatic carbocycles. The lowest BCUT2D eigenvalue weighted by Gasteiger charge is -1.93. The van der Waals surface area contributed by atoms with Gasteiger partial charge >= 0.3 is 0 Å². The van der Waals surface area contributed by atoms with Gasteiger partial charge in [0, 0.05) is 5.56 Å². The maximum absolute atomic E-state index is 3.03. The summed E-state index contributed by atoms with van der Waals surface area (Å²) in [5.74, 6) is 5.90. The third-order valence-corrected chi connectivity index (χ3v) is 1.40. The van der Waals surface area contributed by atoms with Crippen LogP contribution < -0.4 is 0 Å². The van der Waals surface area contributed by atoms with Crippen LogP contribution in [0.4, 0.5) is 0 Å². The summed E-state index contributed by atoms with van der Waals surface area (Å²) in [6, 6.07) is 8.13. The molecule has 1 rings (SSSR count). The Balaban J connectivity index is 0.000001000. The first-order chi connectivity index (χ1) is 4.84. The Labute approximate surface area is 69.3 Å². The van der Waals surface area contributed by atoms with E-state index in [9.17, 15) is 0 Å². The maximum Gasteiger partial charge on any atom is 0.0274 e. The fraction of sp³-hybridized carbons (Fsp3) is 0.273. The molecule has 0 atom stereocenters. The minimum Gasteiger partial charge on any atom is -0.101 e. The molecule has 0 saturated heterocycles. The molecule has 0 saturated carbocycles. The Bertz CT molecular complexity index is 274. The maximum atomic E-state index is 3.03. The van der Waals surface area contributed by atoms with E-state index in [0.717, 1.165) is 5.56 Å². The van der Waals surface area contributed by atoms with Crippen LogP contribution >= 0.6 is 0 Å². The fourth-order valence-corrected chi connectivity index (χ4v) is 0.848. The van der Waals surface area contributed by atoms with Gasteiger partial charge in [0.05, 0.1) is 0 Å². The zero-order chi connectivity index (χ0) is 7.40. The van der Waals surface area contributed by atoms with Crippen LogP contribution in [0.2, 0.25) is 0 Å². The topological polar surface area (TPSA) is 0 Å². The third-order valence-electron chi connectivity index (χ3n) is 1.40. The molecular formula is C11H14. The molecule has 0 spiro atoms. The average molecular weight is 146 g/mol. The highest BCUT2D eigenvalue weighted by Crippen LogP contribution is 2.03. The smallest absolute Gasteiger partial charge is 0.0274 e. The first-order valence-electron chi connectivity index (χ1n) is 3.33. The molecule has 0 aliphatic heterocycles. The molecule has 0 aromatic heterocycles. The Morgan fingerprint density at radius 3 is 2.36 bits per heavy atom. The van der Waals surface area contributed by atoms with E-state index in [4.69, 9.17) is 0 Å². The molecule has 0 heteroatoms. The molecule has 0 bridgehead atoms. The molecule has 0 nitrogen and oxygen atoms in total. The van der Waals surface area contributed by atoms with E-state index in [2.05, 4.69) is 24.8 Å². The fourth-order valence-electron chi connectivity index (χ4n) is 0.848. The Hall–Kier alpha value is -1.22. The lowest BCUT2D eigenvalue weighted by atomic mass is 10.1. The van der Waals surface area contributed by atoms with Crippen molar-refractivity contribution in [2.45, 2.75) is 21.3 Å². The highest BCUT2D eigenvalue weighted by molar-refractivity contribution is 5.39. The summed E-state index contributed by atoms with van der Waals surface area (Å²) in [5.41, 5.74) is 2.38. The molecule has 1 aromatic rings. The van der Waals surface area contributed by atoms with Gasteiger partial charge in [0.25, 0.3) is 0 Å². The van der Waals surface area contributed by atoms with Gasteiger partial charge in [0.1, 0.15) is 0 Å². The molecule has 0 aliphatic carbocycles. The van der Waals surface area contributed by atoms with Gasteiger partial charge in [0.15, 0.2) is 0 Å². The predicted molar refractivity (Wildman–Crippen MR) is 50.5 cm³/mol. The van der Waals surface area contributed by atoms with E-state index >= 15 is 0 Å². The zero-order valence-electron chi connectivity index (χ0n) is 6.31. The second-order valence-corrected chi connectivity index (χ2v) is 2.19. The van der Waals surface area contributed by atoms with Crippen molar-refractivity contribution in [3.05, 3.63) is 35.4 Å². The summed E-state index contributed by atoms with van der Waals surface area (Å²) >= 11 is 0. The first-order valence-corrected chi connectivity index (χ1v) is 3.33. The standard InChI is InChI=1S/C10H10.CH4/c1-3-6-10-8-5-4-7-9(10)2;/h4-5,7-8H,1-2H3;1H4. The van der Waals surface area contributed by atoms with E-state index < -0.39 is 0 Å². The quantitative estimate of drug-likeness (QED) is 0.493. The van der Waals surface area contributed by atoms with Crippen LogP contribution in [0.25, 0.3) is 0 Å². The van der Waals surface area contributed by atoms with E-state index in [-0.39, 0.29) is 7.43 Å². The lowest BCUT2D eigenvalue weighted by molar-refractivity contribution is 1.44. The summed E-state index contributed by atoms with van der Waals surface area (Å²) in [7, 11) is 0. The van der Waals surface area contributed by atoms with Gasteiger partial charge in [-0.1, -0.05) is 31.5 Å². The molecule has 0 fully saturated rings. The molecule has 0 unspecified atom stereocenters. The molecule has 0 heterocycles. The van der Waals surface area contributed by atoms with Crippen molar-refractivity contribution < 1.29 is 0 Å². The predicted octanol–water partition coefficient (Wildman–Crippen LogP) is 3.00. The highest BCUT2D eigenvalue weighted by atomic mass is 13.9. The number of rotatable bonds is 0. The summed E-state index contributed by atoms with van der Waals surface area (Å²) in [4.78, 5) is 0.